The first-order valence-electron chi connectivity index (χ1n) is 11.5. The first-order chi connectivity index (χ1) is 16.7. The van der Waals surface area contributed by atoms with Crippen LogP contribution in [0.2, 0.25) is 0 Å². The van der Waals surface area contributed by atoms with Crippen molar-refractivity contribution in [1.82, 2.24) is 4.90 Å². The van der Waals surface area contributed by atoms with Crippen LogP contribution < -0.4 is 19.7 Å². The lowest BCUT2D eigenvalue weighted by Crippen LogP contribution is -2.43. The predicted molar refractivity (Wildman–Crippen MR) is 130 cm³/mol. The number of benzene rings is 3. The van der Waals surface area contributed by atoms with Gasteiger partial charge in [-0.25, -0.2) is 0 Å². The Morgan fingerprint density at radius 2 is 1.76 bits per heavy atom. The number of hydrogen-bond donors (Lipinski definition) is 1. The number of amides is 2. The molecule has 7 nitrogen and oxygen atoms in total. The van der Waals surface area contributed by atoms with Gasteiger partial charge in [-0.15, -0.1) is 0 Å². The fraction of sp³-hybridized carbons (Fsp3) is 0.259. The lowest BCUT2D eigenvalue weighted by atomic mass is 10.0. The number of rotatable bonds is 6. The maximum Gasteiger partial charge on any atom is 0.262 e. The molecule has 1 fully saturated rings. The smallest absolute Gasteiger partial charge is 0.262 e. The van der Waals surface area contributed by atoms with E-state index in [0.29, 0.717) is 22.7 Å². The summed E-state index contributed by atoms with van der Waals surface area (Å²) in [5, 5.41) is 3.50. The Kier molecular flexibility index (Phi) is 6.08. The summed E-state index contributed by atoms with van der Waals surface area (Å²) in [7, 11) is 1.60. The van der Waals surface area contributed by atoms with Crippen molar-refractivity contribution in [3.63, 3.8) is 0 Å². The average molecular weight is 458 g/mol. The van der Waals surface area contributed by atoms with E-state index in [-0.39, 0.29) is 18.4 Å². The van der Waals surface area contributed by atoms with Gasteiger partial charge >= 0.3 is 0 Å². The first-order valence-corrected chi connectivity index (χ1v) is 11.5. The van der Waals surface area contributed by atoms with Crippen LogP contribution in [0.3, 0.4) is 0 Å². The van der Waals surface area contributed by atoms with Crippen LogP contribution in [0.4, 0.5) is 11.4 Å². The monoisotopic (exact) mass is 457 g/mol. The van der Waals surface area contributed by atoms with Crippen molar-refractivity contribution in [2.75, 3.05) is 37.0 Å². The summed E-state index contributed by atoms with van der Waals surface area (Å²) in [6, 6.07) is 22.4. The van der Waals surface area contributed by atoms with E-state index in [9.17, 15) is 9.59 Å². The van der Waals surface area contributed by atoms with E-state index in [4.69, 9.17) is 9.47 Å². The Bertz CT molecular complexity index is 1210. The molecule has 1 saturated heterocycles. The number of nitrogens with zero attached hydrogens (tertiary/aromatic N) is 2. The Balaban J connectivity index is 1.51. The summed E-state index contributed by atoms with van der Waals surface area (Å²) < 4.78 is 11.4. The number of methoxy groups -OCH3 is 1. The predicted octanol–water partition coefficient (Wildman–Crippen LogP) is 4.47. The SMILES string of the molecule is COc1cccc(N2C(=O)c3ccccc3N[C@@H]2c2ccccc2OCC(=O)N2CCCC2)c1. The summed E-state index contributed by atoms with van der Waals surface area (Å²) in [5.41, 5.74) is 2.80. The lowest BCUT2D eigenvalue weighted by Gasteiger charge is -2.38. The summed E-state index contributed by atoms with van der Waals surface area (Å²) >= 11 is 0. The van der Waals surface area contributed by atoms with Crippen LogP contribution in [0, 0.1) is 0 Å². The molecule has 0 aliphatic carbocycles. The van der Waals surface area contributed by atoms with Crippen molar-refractivity contribution in [2.24, 2.45) is 0 Å². The Morgan fingerprint density at radius 1 is 1.00 bits per heavy atom. The molecule has 1 atom stereocenters. The number of fused-ring (bicyclic) bond motifs is 1. The van der Waals surface area contributed by atoms with E-state index in [1.54, 1.807) is 12.0 Å². The molecule has 1 N–H and O–H groups in total. The van der Waals surface area contributed by atoms with E-state index < -0.39 is 6.17 Å². The van der Waals surface area contributed by atoms with Gasteiger partial charge in [0, 0.05) is 30.4 Å². The standard InChI is InChI=1S/C27H27N3O4/c1-33-20-10-8-9-19(17-20)30-26(28-23-13-4-2-11-21(23)27(30)32)22-12-3-5-14-24(22)34-18-25(31)29-15-6-7-16-29/h2-5,8-14,17,26,28H,6-7,15-16,18H2,1H3/t26-/m0/s1. The Morgan fingerprint density at radius 3 is 2.59 bits per heavy atom. The number of ether oxygens (including phenoxy) is 2. The third-order valence-electron chi connectivity index (χ3n) is 6.28. The third kappa shape index (κ3) is 4.17. The molecule has 0 bridgehead atoms. The lowest BCUT2D eigenvalue weighted by molar-refractivity contribution is -0.132. The molecule has 5 rings (SSSR count). The molecule has 174 valence electrons. The van der Waals surface area contributed by atoms with Gasteiger partial charge in [0.25, 0.3) is 11.8 Å². The molecule has 34 heavy (non-hydrogen) atoms. The summed E-state index contributed by atoms with van der Waals surface area (Å²) in [6.45, 7) is 1.53. The fourth-order valence-corrected chi connectivity index (χ4v) is 4.53. The van der Waals surface area contributed by atoms with E-state index in [1.165, 1.54) is 0 Å². The molecule has 3 aromatic rings. The van der Waals surface area contributed by atoms with Crippen molar-refractivity contribution >= 4 is 23.2 Å². The molecule has 2 aliphatic heterocycles. The van der Waals surface area contributed by atoms with E-state index >= 15 is 0 Å². The van der Waals surface area contributed by atoms with Gasteiger partial charge in [-0.2, -0.15) is 0 Å². The van der Waals surface area contributed by atoms with Crippen LogP contribution in [-0.2, 0) is 4.79 Å². The molecular weight excluding hydrogens is 430 g/mol. The largest absolute Gasteiger partial charge is 0.497 e. The van der Waals surface area contributed by atoms with Crippen molar-refractivity contribution in [3.05, 3.63) is 83.9 Å². The van der Waals surface area contributed by atoms with Crippen LogP contribution in [0.1, 0.15) is 34.9 Å². The van der Waals surface area contributed by atoms with Gasteiger partial charge in [-0.1, -0.05) is 36.4 Å². The topological polar surface area (TPSA) is 71.1 Å². The second-order valence-electron chi connectivity index (χ2n) is 8.38. The zero-order valence-electron chi connectivity index (χ0n) is 19.1. The number of hydrogen-bond acceptors (Lipinski definition) is 5. The van der Waals surface area contributed by atoms with Gasteiger partial charge in [0.15, 0.2) is 6.61 Å². The normalized spacial score (nSPS) is 17.2. The minimum Gasteiger partial charge on any atom is -0.497 e. The van der Waals surface area contributed by atoms with Gasteiger partial charge in [-0.05, 0) is 43.2 Å². The second kappa shape index (κ2) is 9.47. The maximum atomic E-state index is 13.7. The number of para-hydroxylation sites is 2. The summed E-state index contributed by atoms with van der Waals surface area (Å²) in [4.78, 5) is 29.8. The minimum absolute atomic E-state index is 0.0185. The highest BCUT2D eigenvalue weighted by Crippen LogP contribution is 2.40. The Labute approximate surface area is 198 Å². The summed E-state index contributed by atoms with van der Waals surface area (Å²) in [5.74, 6) is 1.07. The molecule has 0 spiro atoms. The van der Waals surface area contributed by atoms with E-state index in [0.717, 1.165) is 37.2 Å². The molecule has 2 amide bonds. The van der Waals surface area contributed by atoms with Crippen molar-refractivity contribution in [2.45, 2.75) is 19.0 Å². The molecule has 2 aliphatic rings. The Hall–Kier alpha value is -4.00. The van der Waals surface area contributed by atoms with Gasteiger partial charge in [-0.3, -0.25) is 14.5 Å². The molecule has 0 radical (unpaired) electrons. The van der Waals surface area contributed by atoms with Crippen molar-refractivity contribution in [3.8, 4) is 11.5 Å². The molecule has 3 aromatic carbocycles. The first kappa shape index (κ1) is 21.8. The highest BCUT2D eigenvalue weighted by atomic mass is 16.5. The van der Waals surface area contributed by atoms with Gasteiger partial charge in [0.2, 0.25) is 0 Å². The van der Waals surface area contributed by atoms with E-state index in [1.807, 2.05) is 77.7 Å². The van der Waals surface area contributed by atoms with Crippen molar-refractivity contribution in [1.29, 1.82) is 0 Å². The third-order valence-corrected chi connectivity index (χ3v) is 6.28. The van der Waals surface area contributed by atoms with Crippen LogP contribution >= 0.6 is 0 Å². The summed E-state index contributed by atoms with van der Waals surface area (Å²) in [6.07, 6.45) is 1.53. The van der Waals surface area contributed by atoms with Gasteiger partial charge in [0.1, 0.15) is 17.7 Å². The zero-order valence-corrected chi connectivity index (χ0v) is 19.1. The quantitative estimate of drug-likeness (QED) is 0.592. The maximum absolute atomic E-state index is 13.7. The van der Waals surface area contributed by atoms with E-state index in [2.05, 4.69) is 5.32 Å². The highest BCUT2D eigenvalue weighted by Gasteiger charge is 2.35. The molecule has 0 unspecified atom stereocenters. The number of likely N-dealkylation sites (tertiary alicyclic amines) is 1. The van der Waals surface area contributed by atoms with Crippen molar-refractivity contribution < 1.29 is 19.1 Å². The highest BCUT2D eigenvalue weighted by molar-refractivity contribution is 6.12. The van der Waals surface area contributed by atoms with Crippen LogP contribution in [0.15, 0.2) is 72.8 Å². The molecular formula is C27H27N3O4. The number of anilines is 2. The molecule has 0 saturated carbocycles. The average Bonchev–Trinajstić information content (AvgIpc) is 3.43. The van der Waals surface area contributed by atoms with Crippen LogP contribution in [0.5, 0.6) is 11.5 Å². The van der Waals surface area contributed by atoms with Gasteiger partial charge in [0.05, 0.1) is 18.4 Å². The molecule has 2 heterocycles. The fourth-order valence-electron chi connectivity index (χ4n) is 4.53. The molecule has 0 aromatic heterocycles. The number of carbonyl (C=O) groups excluding carboxylic acids is 2. The number of nitrogens with one attached hydrogen (secondary N) is 1. The van der Waals surface area contributed by atoms with Gasteiger partial charge < -0.3 is 19.7 Å². The van der Waals surface area contributed by atoms with Crippen LogP contribution in [0.25, 0.3) is 0 Å². The zero-order chi connectivity index (χ0) is 23.5. The second-order valence-corrected chi connectivity index (χ2v) is 8.38. The molecule has 7 heteroatoms. The minimum atomic E-state index is -0.535. The van der Waals surface area contributed by atoms with Crippen LogP contribution in [-0.4, -0.2) is 43.5 Å². The number of carbonyl (C=O) groups is 2.